The van der Waals surface area contributed by atoms with E-state index in [0.29, 0.717) is 35.9 Å². The normalized spacial score (nSPS) is 16.5. The molecule has 42 heavy (non-hydrogen) atoms. The van der Waals surface area contributed by atoms with Gasteiger partial charge in [-0.1, -0.05) is 17.4 Å². The predicted molar refractivity (Wildman–Crippen MR) is 150 cm³/mol. The molecule has 0 unspecified atom stereocenters. The summed E-state index contributed by atoms with van der Waals surface area (Å²) in [7, 11) is 0. The Morgan fingerprint density at radius 3 is 2.69 bits per heavy atom. The van der Waals surface area contributed by atoms with E-state index in [2.05, 4.69) is 20.2 Å². The lowest BCUT2D eigenvalue weighted by Gasteiger charge is -2.27. The standard InChI is InChI=1S/C30H25F2N5O4S/c31-21-13-20(23-2-1-3-27(34-23)41-15-28-35-36-29(42-28)16-4-5-16)22(32)10-18(21)12-26-33-24-7-6-17(30(38)39)11-25(24)37(26)14-19-8-9-40-19/h1-3,6-7,10-11,13,16,19H,4-5,8-9,12,14-15H2,(H,38,39)/t19-/m0/s1. The molecule has 1 atom stereocenters. The molecule has 1 saturated heterocycles. The van der Waals surface area contributed by atoms with Gasteiger partial charge in [0.05, 0.1) is 34.9 Å². The number of aromatic carboxylic acids is 1. The second kappa shape index (κ2) is 10.8. The van der Waals surface area contributed by atoms with Gasteiger partial charge in [-0.3, -0.25) is 0 Å². The Bertz CT molecular complexity index is 1820. The van der Waals surface area contributed by atoms with E-state index in [9.17, 15) is 9.90 Å². The molecular formula is C30H25F2N5O4S. The molecule has 0 spiro atoms. The zero-order chi connectivity index (χ0) is 28.8. The second-order valence-corrected chi connectivity index (χ2v) is 11.6. The number of halogens is 2. The van der Waals surface area contributed by atoms with Crippen molar-refractivity contribution >= 4 is 28.3 Å². The van der Waals surface area contributed by atoms with Crippen LogP contribution in [0.3, 0.4) is 0 Å². The highest BCUT2D eigenvalue weighted by Crippen LogP contribution is 2.41. The molecular weight excluding hydrogens is 564 g/mol. The summed E-state index contributed by atoms with van der Waals surface area (Å²) in [6.45, 7) is 1.28. The van der Waals surface area contributed by atoms with E-state index < -0.39 is 17.6 Å². The van der Waals surface area contributed by atoms with Crippen molar-refractivity contribution in [1.82, 2.24) is 24.7 Å². The molecule has 12 heteroatoms. The van der Waals surface area contributed by atoms with Crippen LogP contribution in [0.5, 0.6) is 5.88 Å². The number of fused-ring (bicyclic) bond motifs is 1. The molecule has 4 heterocycles. The zero-order valence-electron chi connectivity index (χ0n) is 22.3. The van der Waals surface area contributed by atoms with E-state index in [-0.39, 0.29) is 47.4 Å². The van der Waals surface area contributed by atoms with Crippen LogP contribution >= 0.6 is 11.3 Å². The van der Waals surface area contributed by atoms with Crippen molar-refractivity contribution in [2.24, 2.45) is 0 Å². The number of pyridine rings is 1. The number of rotatable bonds is 10. The molecule has 1 aliphatic carbocycles. The molecule has 1 N–H and O–H groups in total. The van der Waals surface area contributed by atoms with E-state index in [1.54, 1.807) is 30.3 Å². The fourth-order valence-electron chi connectivity index (χ4n) is 4.97. The lowest BCUT2D eigenvalue weighted by molar-refractivity contribution is -0.0589. The molecule has 1 saturated carbocycles. The van der Waals surface area contributed by atoms with Crippen LogP contribution < -0.4 is 4.74 Å². The molecule has 1 aliphatic heterocycles. The van der Waals surface area contributed by atoms with Crippen LogP contribution in [0.1, 0.15) is 56.9 Å². The van der Waals surface area contributed by atoms with Crippen LogP contribution in [0.15, 0.2) is 48.5 Å². The highest BCUT2D eigenvalue weighted by Gasteiger charge is 2.28. The predicted octanol–water partition coefficient (Wildman–Crippen LogP) is 5.76. The average molecular weight is 590 g/mol. The van der Waals surface area contributed by atoms with Gasteiger partial charge in [0.25, 0.3) is 0 Å². The van der Waals surface area contributed by atoms with E-state index in [1.807, 2.05) is 4.57 Å². The summed E-state index contributed by atoms with van der Waals surface area (Å²) in [6, 6.07) is 11.9. The zero-order valence-corrected chi connectivity index (χ0v) is 23.1. The maximum Gasteiger partial charge on any atom is 0.335 e. The van der Waals surface area contributed by atoms with E-state index in [4.69, 9.17) is 9.47 Å². The number of carbonyl (C=O) groups is 1. The number of imidazole rings is 1. The maximum absolute atomic E-state index is 15.5. The molecule has 2 aliphatic rings. The van der Waals surface area contributed by atoms with Gasteiger partial charge in [0, 0.05) is 30.6 Å². The van der Waals surface area contributed by atoms with Crippen LogP contribution in [0.4, 0.5) is 8.78 Å². The monoisotopic (exact) mass is 589 g/mol. The van der Waals surface area contributed by atoms with Gasteiger partial charge in [0.1, 0.15) is 29.1 Å². The Morgan fingerprint density at radius 1 is 1.07 bits per heavy atom. The van der Waals surface area contributed by atoms with Gasteiger partial charge in [-0.25, -0.2) is 23.5 Å². The SMILES string of the molecule is O=C(O)c1ccc2nc(Cc3cc(F)c(-c4cccc(OCc5nnc(C6CC6)s5)n4)cc3F)n(C[C@@H]3CCO3)c2c1. The van der Waals surface area contributed by atoms with Crippen LogP contribution in [0.25, 0.3) is 22.3 Å². The smallest absolute Gasteiger partial charge is 0.335 e. The Balaban J connectivity index is 1.14. The minimum atomic E-state index is -1.05. The number of benzene rings is 2. The summed E-state index contributed by atoms with van der Waals surface area (Å²) >= 11 is 1.52. The van der Waals surface area contributed by atoms with Crippen LogP contribution in [-0.4, -0.2) is 48.5 Å². The number of ether oxygens (including phenoxy) is 2. The minimum Gasteiger partial charge on any atom is -0.478 e. The number of carboxylic acids is 1. The molecule has 9 nitrogen and oxygen atoms in total. The Morgan fingerprint density at radius 2 is 1.93 bits per heavy atom. The quantitative estimate of drug-likeness (QED) is 0.219. The third-order valence-corrected chi connectivity index (χ3v) is 8.55. The first-order valence-corrected chi connectivity index (χ1v) is 14.5. The van der Waals surface area contributed by atoms with Crippen molar-refractivity contribution in [3.05, 3.63) is 87.1 Å². The van der Waals surface area contributed by atoms with Crippen molar-refractivity contribution < 1.29 is 28.2 Å². The van der Waals surface area contributed by atoms with Crippen molar-refractivity contribution in [3.8, 4) is 17.1 Å². The van der Waals surface area contributed by atoms with E-state index in [1.165, 1.54) is 17.4 Å². The Hall–Kier alpha value is -4.29. The second-order valence-electron chi connectivity index (χ2n) is 10.5. The first-order valence-electron chi connectivity index (χ1n) is 13.7. The molecule has 0 radical (unpaired) electrons. The third-order valence-electron chi connectivity index (χ3n) is 7.49. The van der Waals surface area contributed by atoms with Crippen LogP contribution in [-0.2, 0) is 24.3 Å². The molecule has 2 fully saturated rings. The number of hydrogen-bond donors (Lipinski definition) is 1. The number of aromatic nitrogens is 5. The Labute approximate surface area is 242 Å². The van der Waals surface area contributed by atoms with Crippen molar-refractivity contribution in [3.63, 3.8) is 0 Å². The first kappa shape index (κ1) is 26.6. The van der Waals surface area contributed by atoms with Crippen LogP contribution in [0, 0.1) is 11.6 Å². The number of hydrogen-bond acceptors (Lipinski definition) is 8. The number of nitrogens with zero attached hydrogens (tertiary/aromatic N) is 5. The molecule has 0 bridgehead atoms. The molecule has 0 amide bonds. The lowest BCUT2D eigenvalue weighted by Crippen LogP contribution is -2.31. The molecule has 3 aromatic heterocycles. The van der Waals surface area contributed by atoms with E-state index in [0.717, 1.165) is 41.4 Å². The van der Waals surface area contributed by atoms with Gasteiger partial charge >= 0.3 is 5.97 Å². The van der Waals surface area contributed by atoms with E-state index >= 15 is 8.78 Å². The van der Waals surface area contributed by atoms with Gasteiger partial charge in [0.15, 0.2) is 5.01 Å². The summed E-state index contributed by atoms with van der Waals surface area (Å²) < 4.78 is 44.1. The van der Waals surface area contributed by atoms with Gasteiger partial charge in [-0.15, -0.1) is 10.2 Å². The fraction of sp³-hybridized carbons (Fsp3) is 0.300. The van der Waals surface area contributed by atoms with Crippen molar-refractivity contribution in [2.45, 2.75) is 50.9 Å². The average Bonchev–Trinajstić information content (AvgIpc) is 3.60. The third kappa shape index (κ3) is 5.35. The van der Waals surface area contributed by atoms with Crippen molar-refractivity contribution in [1.29, 1.82) is 0 Å². The summed E-state index contributed by atoms with van der Waals surface area (Å²) in [4.78, 5) is 20.6. The fourth-order valence-corrected chi connectivity index (χ4v) is 5.89. The summed E-state index contributed by atoms with van der Waals surface area (Å²) in [5.74, 6) is -1.02. The largest absolute Gasteiger partial charge is 0.478 e. The van der Waals surface area contributed by atoms with Gasteiger partial charge in [-0.05, 0) is 61.2 Å². The molecule has 214 valence electrons. The molecule has 5 aromatic rings. The minimum absolute atomic E-state index is 0.00805. The highest BCUT2D eigenvalue weighted by atomic mass is 32.1. The lowest BCUT2D eigenvalue weighted by atomic mass is 10.0. The maximum atomic E-state index is 15.5. The van der Waals surface area contributed by atoms with Gasteiger partial charge in [0.2, 0.25) is 5.88 Å². The number of carboxylic acid groups (broad SMARTS) is 1. The van der Waals surface area contributed by atoms with Crippen LogP contribution in [0.2, 0.25) is 0 Å². The summed E-state index contributed by atoms with van der Waals surface area (Å²) in [6.07, 6.45) is 3.10. The first-order chi connectivity index (χ1) is 20.4. The Kier molecular flexibility index (Phi) is 6.87. The highest BCUT2D eigenvalue weighted by molar-refractivity contribution is 7.11. The summed E-state index contributed by atoms with van der Waals surface area (Å²) in [5.41, 5.74) is 1.67. The molecule has 2 aromatic carbocycles. The van der Waals surface area contributed by atoms with Crippen molar-refractivity contribution in [2.75, 3.05) is 6.61 Å². The van der Waals surface area contributed by atoms with Gasteiger partial charge in [-0.2, -0.15) is 0 Å². The topological polar surface area (TPSA) is 112 Å². The molecule has 7 rings (SSSR count). The summed E-state index contributed by atoms with van der Waals surface area (Å²) in [5, 5.41) is 19.6. The van der Waals surface area contributed by atoms with Gasteiger partial charge < -0.3 is 19.1 Å².